The van der Waals surface area contributed by atoms with Crippen molar-refractivity contribution < 1.29 is 9.84 Å². The fraction of sp³-hybridized carbons (Fsp3) is 0.571. The molecule has 94 valence electrons. The smallest absolute Gasteiger partial charge is 0.123 e. The number of hydrogen-bond donors (Lipinski definition) is 2. The summed E-state index contributed by atoms with van der Waals surface area (Å²) in [4.78, 5) is 0. The number of methoxy groups -OCH3 is 1. The molecule has 1 aromatic rings. The van der Waals surface area contributed by atoms with Crippen molar-refractivity contribution in [1.29, 1.82) is 0 Å². The average Bonchev–Trinajstić information content (AvgIpc) is 3.15. The van der Waals surface area contributed by atoms with Crippen LogP contribution in [0, 0.1) is 11.8 Å². The van der Waals surface area contributed by atoms with Crippen LogP contribution in [0.3, 0.4) is 0 Å². The van der Waals surface area contributed by atoms with Gasteiger partial charge in [0, 0.05) is 18.2 Å². The number of phenols is 1. The zero-order valence-corrected chi connectivity index (χ0v) is 10.6. The first kappa shape index (κ1) is 12.2. The van der Waals surface area contributed by atoms with Crippen molar-refractivity contribution in [3.63, 3.8) is 0 Å². The van der Waals surface area contributed by atoms with E-state index in [0.29, 0.717) is 18.0 Å². The van der Waals surface area contributed by atoms with E-state index in [1.165, 1.54) is 12.8 Å². The molecule has 0 radical (unpaired) electrons. The zero-order valence-electron chi connectivity index (χ0n) is 10.6. The Kier molecular flexibility index (Phi) is 3.89. The van der Waals surface area contributed by atoms with E-state index in [1.807, 2.05) is 12.1 Å². The molecule has 1 aliphatic rings. The van der Waals surface area contributed by atoms with E-state index < -0.39 is 0 Å². The van der Waals surface area contributed by atoms with Gasteiger partial charge in [-0.1, -0.05) is 13.0 Å². The summed E-state index contributed by atoms with van der Waals surface area (Å²) in [5.74, 6) is 2.66. The van der Waals surface area contributed by atoms with E-state index in [1.54, 1.807) is 13.2 Å². The van der Waals surface area contributed by atoms with Crippen LogP contribution >= 0.6 is 0 Å². The molecule has 1 saturated carbocycles. The van der Waals surface area contributed by atoms with Crippen LogP contribution in [0.4, 0.5) is 0 Å². The highest BCUT2D eigenvalue weighted by Gasteiger charge is 2.27. The molecule has 2 rings (SSSR count). The van der Waals surface area contributed by atoms with Crippen molar-refractivity contribution >= 4 is 0 Å². The summed E-state index contributed by atoms with van der Waals surface area (Å²) in [5.41, 5.74) is 0.925. The molecule has 17 heavy (non-hydrogen) atoms. The van der Waals surface area contributed by atoms with Crippen LogP contribution in [0.25, 0.3) is 0 Å². The van der Waals surface area contributed by atoms with Gasteiger partial charge in [0.05, 0.1) is 7.11 Å². The Hall–Kier alpha value is -1.22. The van der Waals surface area contributed by atoms with Gasteiger partial charge < -0.3 is 15.2 Å². The lowest BCUT2D eigenvalue weighted by molar-refractivity contribution is 0.404. The molecule has 3 nitrogen and oxygen atoms in total. The Morgan fingerprint density at radius 2 is 2.24 bits per heavy atom. The highest BCUT2D eigenvalue weighted by atomic mass is 16.5. The summed E-state index contributed by atoms with van der Waals surface area (Å²) in [6.07, 6.45) is 2.77. The predicted octanol–water partition coefficient (Wildman–Crippen LogP) is 2.54. The van der Waals surface area contributed by atoms with Gasteiger partial charge in [-0.3, -0.25) is 0 Å². The normalized spacial score (nSPS) is 16.8. The molecule has 0 saturated heterocycles. The van der Waals surface area contributed by atoms with E-state index in [0.717, 1.165) is 23.9 Å². The minimum Gasteiger partial charge on any atom is -0.507 e. The lowest BCUT2D eigenvalue weighted by Crippen LogP contribution is -2.21. The molecule has 2 N–H and O–H groups in total. The van der Waals surface area contributed by atoms with Crippen molar-refractivity contribution in [2.75, 3.05) is 13.7 Å². The molecule has 1 atom stereocenters. The molecule has 1 unspecified atom stereocenters. The molecule has 0 heterocycles. The second-order valence-corrected chi connectivity index (χ2v) is 4.94. The first-order chi connectivity index (χ1) is 8.20. The number of benzene rings is 1. The molecule has 1 aliphatic carbocycles. The van der Waals surface area contributed by atoms with Gasteiger partial charge in [-0.15, -0.1) is 0 Å². The van der Waals surface area contributed by atoms with Crippen LogP contribution in [-0.2, 0) is 6.54 Å². The second-order valence-electron chi connectivity index (χ2n) is 4.94. The molecule has 3 heteroatoms. The summed E-state index contributed by atoms with van der Waals surface area (Å²) in [6.45, 7) is 4.03. The molecule has 1 aromatic carbocycles. The summed E-state index contributed by atoms with van der Waals surface area (Å²) >= 11 is 0. The zero-order chi connectivity index (χ0) is 12.3. The van der Waals surface area contributed by atoms with Gasteiger partial charge in [0.2, 0.25) is 0 Å². The van der Waals surface area contributed by atoms with Gasteiger partial charge in [0.1, 0.15) is 11.5 Å². The molecule has 0 amide bonds. The fourth-order valence-corrected chi connectivity index (χ4v) is 2.09. The van der Waals surface area contributed by atoms with E-state index >= 15 is 0 Å². The molecular formula is C14H21NO2. The number of rotatable bonds is 6. The maximum absolute atomic E-state index is 9.79. The third-order valence-electron chi connectivity index (χ3n) is 3.50. The molecule has 0 aliphatic heterocycles. The number of hydrogen-bond acceptors (Lipinski definition) is 3. The van der Waals surface area contributed by atoms with Gasteiger partial charge in [-0.05, 0) is 37.3 Å². The number of phenolic OH excluding ortho intramolecular Hbond substituents is 1. The molecule has 0 aromatic heterocycles. The van der Waals surface area contributed by atoms with E-state index in [4.69, 9.17) is 4.74 Å². The first-order valence-electron chi connectivity index (χ1n) is 6.27. The second kappa shape index (κ2) is 5.41. The average molecular weight is 235 g/mol. The lowest BCUT2D eigenvalue weighted by atomic mass is 10.1. The molecular weight excluding hydrogens is 214 g/mol. The van der Waals surface area contributed by atoms with Gasteiger partial charge >= 0.3 is 0 Å². The minimum absolute atomic E-state index is 0.302. The van der Waals surface area contributed by atoms with Crippen LogP contribution in [-0.4, -0.2) is 18.8 Å². The third-order valence-corrected chi connectivity index (χ3v) is 3.50. The molecule has 0 spiro atoms. The molecule has 0 bridgehead atoms. The maximum atomic E-state index is 9.79. The monoisotopic (exact) mass is 235 g/mol. The van der Waals surface area contributed by atoms with Crippen LogP contribution in [0.2, 0.25) is 0 Å². The SMILES string of the molecule is COc1ccc(CNCC(C)C2CC2)c(O)c1. The fourth-order valence-electron chi connectivity index (χ4n) is 2.09. The number of nitrogens with one attached hydrogen (secondary N) is 1. The van der Waals surface area contributed by atoms with Crippen molar-refractivity contribution in [2.45, 2.75) is 26.3 Å². The van der Waals surface area contributed by atoms with Crippen molar-refractivity contribution in [2.24, 2.45) is 11.8 Å². The number of aromatic hydroxyl groups is 1. The van der Waals surface area contributed by atoms with Crippen LogP contribution in [0.1, 0.15) is 25.3 Å². The third kappa shape index (κ3) is 3.37. The maximum Gasteiger partial charge on any atom is 0.123 e. The van der Waals surface area contributed by atoms with E-state index in [-0.39, 0.29) is 0 Å². The van der Waals surface area contributed by atoms with Crippen LogP contribution < -0.4 is 10.1 Å². The summed E-state index contributed by atoms with van der Waals surface area (Å²) < 4.78 is 5.05. The Morgan fingerprint density at radius 1 is 1.47 bits per heavy atom. The summed E-state index contributed by atoms with van der Waals surface area (Å²) in [6, 6.07) is 5.44. The summed E-state index contributed by atoms with van der Waals surface area (Å²) in [7, 11) is 1.60. The highest BCUT2D eigenvalue weighted by Crippen LogP contribution is 2.36. The number of ether oxygens (including phenoxy) is 1. The standard InChI is InChI=1S/C14H21NO2/c1-10(11-3-4-11)8-15-9-12-5-6-13(17-2)7-14(12)16/h5-7,10-11,15-16H,3-4,8-9H2,1-2H3. The highest BCUT2D eigenvalue weighted by molar-refractivity contribution is 5.39. The largest absolute Gasteiger partial charge is 0.507 e. The lowest BCUT2D eigenvalue weighted by Gasteiger charge is -2.12. The first-order valence-corrected chi connectivity index (χ1v) is 6.27. The minimum atomic E-state index is 0.302. The van der Waals surface area contributed by atoms with Gasteiger partial charge in [0.25, 0.3) is 0 Å². The van der Waals surface area contributed by atoms with Crippen molar-refractivity contribution in [3.8, 4) is 11.5 Å². The van der Waals surface area contributed by atoms with E-state index in [9.17, 15) is 5.11 Å². The van der Waals surface area contributed by atoms with Crippen LogP contribution in [0.5, 0.6) is 11.5 Å². The predicted molar refractivity (Wildman–Crippen MR) is 68.3 cm³/mol. The van der Waals surface area contributed by atoms with Crippen molar-refractivity contribution in [3.05, 3.63) is 23.8 Å². The summed E-state index contributed by atoms with van der Waals surface area (Å²) in [5, 5.41) is 13.2. The Balaban J connectivity index is 1.81. The molecule has 1 fully saturated rings. The quantitative estimate of drug-likeness (QED) is 0.796. The Bertz CT molecular complexity index is 374. The Morgan fingerprint density at radius 3 is 2.82 bits per heavy atom. The van der Waals surface area contributed by atoms with E-state index in [2.05, 4.69) is 12.2 Å². The topological polar surface area (TPSA) is 41.5 Å². The van der Waals surface area contributed by atoms with Crippen LogP contribution in [0.15, 0.2) is 18.2 Å². The Labute approximate surface area is 103 Å². The van der Waals surface area contributed by atoms with Crippen molar-refractivity contribution in [1.82, 2.24) is 5.32 Å². The van der Waals surface area contributed by atoms with Gasteiger partial charge in [-0.25, -0.2) is 0 Å². The van der Waals surface area contributed by atoms with Gasteiger partial charge in [0.15, 0.2) is 0 Å². The van der Waals surface area contributed by atoms with Gasteiger partial charge in [-0.2, -0.15) is 0 Å².